The van der Waals surface area contributed by atoms with E-state index < -0.39 is 0 Å². The molecule has 68 valence electrons. The molecular formula is C5H18N6. The summed E-state index contributed by atoms with van der Waals surface area (Å²) in [5.74, 6) is 0. The lowest BCUT2D eigenvalue weighted by Crippen LogP contribution is -2.41. The average molecular weight is 162 g/mol. The van der Waals surface area contributed by atoms with Crippen molar-refractivity contribution < 1.29 is 0 Å². The molecule has 0 radical (unpaired) electrons. The first-order chi connectivity index (χ1) is 5.41. The van der Waals surface area contributed by atoms with Crippen LogP contribution in [0.3, 0.4) is 0 Å². The topological polar surface area (TPSA) is 100 Å². The first kappa shape index (κ1) is 10.8. The van der Waals surface area contributed by atoms with Crippen molar-refractivity contribution in [2.75, 3.05) is 33.3 Å². The van der Waals surface area contributed by atoms with Gasteiger partial charge in [0.1, 0.15) is 0 Å². The summed E-state index contributed by atoms with van der Waals surface area (Å²) >= 11 is 0. The van der Waals surface area contributed by atoms with Gasteiger partial charge in [0.05, 0.1) is 0 Å². The minimum Gasteiger partial charge on any atom is -0.318 e. The molecule has 0 atom stereocenters. The van der Waals surface area contributed by atoms with Crippen molar-refractivity contribution in [1.82, 2.24) is 21.3 Å². The molecule has 0 aromatic rings. The van der Waals surface area contributed by atoms with Crippen LogP contribution < -0.4 is 32.7 Å². The standard InChI is InChI=1S/C5H18N6/c6-1-8-3-10-5-11-4-9-2-7/h8-11H,1-7H2. The van der Waals surface area contributed by atoms with Crippen LogP contribution in [0.25, 0.3) is 0 Å². The molecule has 0 saturated heterocycles. The molecule has 0 aromatic carbocycles. The lowest BCUT2D eigenvalue weighted by molar-refractivity contribution is 0.513. The summed E-state index contributed by atoms with van der Waals surface area (Å²) in [5.41, 5.74) is 10.4. The lowest BCUT2D eigenvalue weighted by Gasteiger charge is -2.06. The van der Waals surface area contributed by atoms with Crippen molar-refractivity contribution in [2.24, 2.45) is 11.5 Å². The number of rotatable bonds is 8. The van der Waals surface area contributed by atoms with Crippen LogP contribution in [0.5, 0.6) is 0 Å². The predicted octanol–water partition coefficient (Wildman–Crippen LogP) is -2.95. The van der Waals surface area contributed by atoms with Crippen molar-refractivity contribution in [2.45, 2.75) is 0 Å². The van der Waals surface area contributed by atoms with Crippen LogP contribution in [0.15, 0.2) is 0 Å². The maximum atomic E-state index is 5.19. The van der Waals surface area contributed by atoms with Crippen molar-refractivity contribution in [3.05, 3.63) is 0 Å². The van der Waals surface area contributed by atoms with Gasteiger partial charge in [0.2, 0.25) is 0 Å². The minimum absolute atomic E-state index is 0.494. The molecule has 0 spiro atoms. The molecule has 0 heterocycles. The summed E-state index contributed by atoms with van der Waals surface area (Å²) in [7, 11) is 0. The van der Waals surface area contributed by atoms with E-state index in [0.29, 0.717) is 26.7 Å². The fraction of sp³-hybridized carbons (Fsp3) is 1.00. The molecule has 0 aromatic heterocycles. The molecule has 6 nitrogen and oxygen atoms in total. The Kier molecular flexibility index (Phi) is 9.55. The molecule has 0 unspecified atom stereocenters. The zero-order chi connectivity index (χ0) is 8.36. The van der Waals surface area contributed by atoms with Crippen LogP contribution in [0, 0.1) is 0 Å². The van der Waals surface area contributed by atoms with E-state index in [1.54, 1.807) is 0 Å². The van der Waals surface area contributed by atoms with E-state index in [1.165, 1.54) is 0 Å². The third-order valence-corrected chi connectivity index (χ3v) is 1.04. The molecule has 0 aliphatic heterocycles. The first-order valence-corrected chi connectivity index (χ1v) is 3.64. The van der Waals surface area contributed by atoms with Crippen molar-refractivity contribution in [3.63, 3.8) is 0 Å². The van der Waals surface area contributed by atoms with Gasteiger partial charge in [0.15, 0.2) is 0 Å². The Hall–Kier alpha value is -0.240. The Bertz CT molecular complexity index is 60.0. The number of nitrogens with two attached hydrogens (primary N) is 2. The average Bonchev–Trinajstić information content (AvgIpc) is 2.03. The highest BCUT2D eigenvalue weighted by Crippen LogP contribution is 1.49. The van der Waals surface area contributed by atoms with Crippen LogP contribution in [-0.2, 0) is 0 Å². The third-order valence-electron chi connectivity index (χ3n) is 1.04. The summed E-state index contributed by atoms with van der Waals surface area (Å²) in [5, 5.41) is 12.0. The molecule has 8 N–H and O–H groups in total. The summed E-state index contributed by atoms with van der Waals surface area (Å²) in [6.07, 6.45) is 0. The van der Waals surface area contributed by atoms with E-state index in [0.717, 1.165) is 6.67 Å². The van der Waals surface area contributed by atoms with Gasteiger partial charge in [0.25, 0.3) is 0 Å². The van der Waals surface area contributed by atoms with Gasteiger partial charge in [-0.15, -0.1) is 0 Å². The molecule has 0 amide bonds. The van der Waals surface area contributed by atoms with Gasteiger partial charge < -0.3 is 11.5 Å². The van der Waals surface area contributed by atoms with Crippen LogP contribution in [0.1, 0.15) is 0 Å². The van der Waals surface area contributed by atoms with E-state index in [2.05, 4.69) is 21.3 Å². The molecule has 0 bridgehead atoms. The SMILES string of the molecule is NCNCNCNCNCN. The van der Waals surface area contributed by atoms with Crippen molar-refractivity contribution in [3.8, 4) is 0 Å². The van der Waals surface area contributed by atoms with E-state index >= 15 is 0 Å². The van der Waals surface area contributed by atoms with Crippen molar-refractivity contribution in [1.29, 1.82) is 0 Å². The Labute approximate surface area is 67.1 Å². The second kappa shape index (κ2) is 9.76. The Morgan fingerprint density at radius 1 is 0.636 bits per heavy atom. The number of nitrogens with one attached hydrogen (secondary N) is 4. The van der Waals surface area contributed by atoms with Gasteiger partial charge in [-0.2, -0.15) is 0 Å². The zero-order valence-electron chi connectivity index (χ0n) is 6.69. The van der Waals surface area contributed by atoms with Gasteiger partial charge in [0, 0.05) is 33.3 Å². The quantitative estimate of drug-likeness (QED) is 0.169. The van der Waals surface area contributed by atoms with E-state index in [-0.39, 0.29) is 0 Å². The first-order valence-electron chi connectivity index (χ1n) is 3.64. The Morgan fingerprint density at radius 3 is 1.36 bits per heavy atom. The number of hydrogen-bond donors (Lipinski definition) is 6. The lowest BCUT2D eigenvalue weighted by atomic mass is 10.8. The maximum Gasteiger partial charge on any atom is 0.0474 e. The Balaban J connectivity index is 2.69. The molecule has 0 saturated carbocycles. The van der Waals surface area contributed by atoms with Crippen LogP contribution in [-0.4, -0.2) is 33.3 Å². The smallest absolute Gasteiger partial charge is 0.0474 e. The minimum atomic E-state index is 0.494. The van der Waals surface area contributed by atoms with Crippen LogP contribution in [0.2, 0.25) is 0 Å². The molecule has 0 aliphatic carbocycles. The summed E-state index contributed by atoms with van der Waals surface area (Å²) in [6.45, 7) is 3.15. The fourth-order valence-corrected chi connectivity index (χ4v) is 0.535. The van der Waals surface area contributed by atoms with Gasteiger partial charge in [-0.3, -0.25) is 21.3 Å². The van der Waals surface area contributed by atoms with Crippen molar-refractivity contribution >= 4 is 0 Å². The van der Waals surface area contributed by atoms with Crippen LogP contribution in [0.4, 0.5) is 0 Å². The van der Waals surface area contributed by atoms with Gasteiger partial charge >= 0.3 is 0 Å². The predicted molar refractivity (Wildman–Crippen MR) is 45.3 cm³/mol. The summed E-state index contributed by atoms with van der Waals surface area (Å²) in [4.78, 5) is 0. The Morgan fingerprint density at radius 2 is 1.00 bits per heavy atom. The second-order valence-electron chi connectivity index (χ2n) is 1.94. The van der Waals surface area contributed by atoms with Crippen LogP contribution >= 0.6 is 0 Å². The fourth-order valence-electron chi connectivity index (χ4n) is 0.535. The highest BCUT2D eigenvalue weighted by atomic mass is 15.2. The summed E-state index contributed by atoms with van der Waals surface area (Å²) in [6, 6.07) is 0. The van der Waals surface area contributed by atoms with E-state index in [4.69, 9.17) is 11.5 Å². The van der Waals surface area contributed by atoms with E-state index in [9.17, 15) is 0 Å². The monoisotopic (exact) mass is 162 g/mol. The van der Waals surface area contributed by atoms with E-state index in [1.807, 2.05) is 0 Å². The molecule has 6 heteroatoms. The van der Waals surface area contributed by atoms with Gasteiger partial charge in [-0.1, -0.05) is 0 Å². The highest BCUT2D eigenvalue weighted by molar-refractivity contribution is 4.43. The second-order valence-corrected chi connectivity index (χ2v) is 1.94. The molecular weight excluding hydrogens is 144 g/mol. The third kappa shape index (κ3) is 9.76. The molecule has 0 aliphatic rings. The summed E-state index contributed by atoms with van der Waals surface area (Å²) < 4.78 is 0. The zero-order valence-corrected chi connectivity index (χ0v) is 6.69. The molecule has 0 fully saturated rings. The molecule has 0 rings (SSSR count). The normalized spacial score (nSPS) is 10.4. The largest absolute Gasteiger partial charge is 0.318 e. The van der Waals surface area contributed by atoms with Gasteiger partial charge in [-0.05, 0) is 0 Å². The molecule has 11 heavy (non-hydrogen) atoms. The highest BCUT2D eigenvalue weighted by Gasteiger charge is 1.82. The van der Waals surface area contributed by atoms with Gasteiger partial charge in [-0.25, -0.2) is 0 Å². The maximum absolute atomic E-state index is 5.19. The number of hydrogen-bond acceptors (Lipinski definition) is 6.